The van der Waals surface area contributed by atoms with E-state index in [4.69, 9.17) is 17.0 Å². The summed E-state index contributed by atoms with van der Waals surface area (Å²) in [7, 11) is 0. The van der Waals surface area contributed by atoms with Crippen LogP contribution in [-0.2, 0) is 4.79 Å². The zero-order valence-corrected chi connectivity index (χ0v) is 19.4. The van der Waals surface area contributed by atoms with Gasteiger partial charge in [-0.2, -0.15) is 0 Å². The number of thiocarbonyl (C=S) groups is 1. The van der Waals surface area contributed by atoms with E-state index in [1.807, 2.05) is 63.2 Å². The molecular weight excluding hydrogens is 437 g/mol. The van der Waals surface area contributed by atoms with Gasteiger partial charge in [0.25, 0.3) is 0 Å². The summed E-state index contributed by atoms with van der Waals surface area (Å²) in [6.45, 7) is 5.84. The van der Waals surface area contributed by atoms with Crippen LogP contribution in [0.5, 0.6) is 5.75 Å². The molecule has 1 amide bonds. The number of nitrogens with zero attached hydrogens (tertiary/aromatic N) is 1. The van der Waals surface area contributed by atoms with Crippen LogP contribution < -0.4 is 20.3 Å². The van der Waals surface area contributed by atoms with Crippen LogP contribution in [0.4, 0.5) is 15.8 Å². The van der Waals surface area contributed by atoms with Gasteiger partial charge in [0.2, 0.25) is 5.91 Å². The fourth-order valence-corrected chi connectivity index (χ4v) is 5.29. The highest BCUT2D eigenvalue weighted by Gasteiger charge is 2.59. The van der Waals surface area contributed by atoms with Gasteiger partial charge in [-0.15, -0.1) is 0 Å². The summed E-state index contributed by atoms with van der Waals surface area (Å²) in [5.41, 5.74) is 3.23. The minimum absolute atomic E-state index is 0.189. The number of anilines is 2. The third-order valence-corrected chi connectivity index (χ3v) is 6.71. The number of fused-ring (bicyclic) bond motifs is 4. The highest BCUT2D eigenvalue weighted by atomic mass is 32.1. The molecule has 7 heteroatoms. The molecule has 5 nitrogen and oxygen atoms in total. The Morgan fingerprint density at radius 2 is 1.85 bits per heavy atom. The molecule has 0 unspecified atom stereocenters. The quantitative estimate of drug-likeness (QED) is 0.523. The summed E-state index contributed by atoms with van der Waals surface area (Å²) in [6.07, 6.45) is 0. The lowest BCUT2D eigenvalue weighted by molar-refractivity contribution is -0.130. The number of carbonyl (C=O) groups excluding carboxylic acids is 1. The maximum absolute atomic E-state index is 13.8. The second kappa shape index (κ2) is 7.85. The Hall–Kier alpha value is -3.45. The first-order chi connectivity index (χ1) is 15.8. The number of benzene rings is 3. The number of para-hydroxylation sites is 1. The number of hydrogen-bond acceptors (Lipinski definition) is 3. The monoisotopic (exact) mass is 461 g/mol. The van der Waals surface area contributed by atoms with Crippen LogP contribution in [0.2, 0.25) is 0 Å². The number of halogens is 1. The number of nitrogens with one attached hydrogen (secondary N) is 2. The van der Waals surface area contributed by atoms with Gasteiger partial charge < -0.3 is 15.4 Å². The molecule has 1 saturated heterocycles. The second-order valence-corrected chi connectivity index (χ2v) is 9.11. The van der Waals surface area contributed by atoms with Crippen LogP contribution in [0.3, 0.4) is 0 Å². The molecule has 33 heavy (non-hydrogen) atoms. The number of aryl methyl sites for hydroxylation is 2. The molecular formula is C26H24FN3O2S. The van der Waals surface area contributed by atoms with Gasteiger partial charge in [-0.3, -0.25) is 9.69 Å². The van der Waals surface area contributed by atoms with Crippen molar-refractivity contribution in [2.75, 3.05) is 10.2 Å². The summed E-state index contributed by atoms with van der Waals surface area (Å²) in [6, 6.07) is 19.2. The first kappa shape index (κ1) is 21.4. The zero-order chi connectivity index (χ0) is 23.3. The lowest BCUT2D eigenvalue weighted by Crippen LogP contribution is -2.72. The first-order valence-corrected chi connectivity index (χ1v) is 11.2. The van der Waals surface area contributed by atoms with Gasteiger partial charge in [-0.05, 0) is 75.0 Å². The molecule has 2 bridgehead atoms. The molecule has 5 rings (SSSR count). The third kappa shape index (κ3) is 3.53. The lowest BCUT2D eigenvalue weighted by atomic mass is 9.78. The Labute approximate surface area is 197 Å². The van der Waals surface area contributed by atoms with E-state index >= 15 is 0 Å². The molecule has 0 spiro atoms. The molecule has 3 atom stereocenters. The Kier molecular flexibility index (Phi) is 5.09. The fourth-order valence-electron chi connectivity index (χ4n) is 4.87. The van der Waals surface area contributed by atoms with Crippen LogP contribution in [0.25, 0.3) is 0 Å². The van der Waals surface area contributed by atoms with E-state index in [9.17, 15) is 9.18 Å². The van der Waals surface area contributed by atoms with Crippen molar-refractivity contribution >= 4 is 34.6 Å². The maximum atomic E-state index is 13.8. The topological polar surface area (TPSA) is 53.6 Å². The molecule has 3 aromatic rings. The Morgan fingerprint density at radius 3 is 2.58 bits per heavy atom. The standard InChI is InChI=1S/C26H24FN3O2S/c1-15-8-13-20(16(2)14-15)28-24(31)22-23-19-6-4-5-7-21(19)32-26(22,3)30(25(33)29-23)18-11-9-17(27)10-12-18/h4-14,22-23H,1-3H3,(H,28,31)(H,29,33)/t22-,23+,26+/m1/s1. The molecule has 0 saturated carbocycles. The van der Waals surface area contributed by atoms with Crippen molar-refractivity contribution in [1.82, 2.24) is 5.32 Å². The van der Waals surface area contributed by atoms with Gasteiger partial charge >= 0.3 is 0 Å². The van der Waals surface area contributed by atoms with Crippen molar-refractivity contribution in [3.63, 3.8) is 0 Å². The number of carbonyl (C=O) groups is 1. The fraction of sp³-hybridized carbons (Fsp3) is 0.231. The van der Waals surface area contributed by atoms with Gasteiger partial charge in [0.05, 0.1) is 6.04 Å². The van der Waals surface area contributed by atoms with Crippen molar-refractivity contribution < 1.29 is 13.9 Å². The summed E-state index contributed by atoms with van der Waals surface area (Å²) in [5, 5.41) is 6.87. The summed E-state index contributed by atoms with van der Waals surface area (Å²) < 4.78 is 20.2. The molecule has 3 aromatic carbocycles. The van der Waals surface area contributed by atoms with Gasteiger partial charge in [0.15, 0.2) is 10.8 Å². The molecule has 2 N–H and O–H groups in total. The van der Waals surface area contributed by atoms with Crippen LogP contribution in [-0.4, -0.2) is 16.7 Å². The Morgan fingerprint density at radius 1 is 1.12 bits per heavy atom. The smallest absolute Gasteiger partial charge is 0.236 e. The molecule has 2 heterocycles. The highest BCUT2D eigenvalue weighted by molar-refractivity contribution is 7.80. The number of hydrogen-bond donors (Lipinski definition) is 2. The van der Waals surface area contributed by atoms with E-state index in [1.165, 1.54) is 12.1 Å². The predicted molar refractivity (Wildman–Crippen MR) is 131 cm³/mol. The van der Waals surface area contributed by atoms with E-state index in [-0.39, 0.29) is 17.8 Å². The minimum Gasteiger partial charge on any atom is -0.467 e. The Bertz CT molecular complexity index is 1260. The lowest BCUT2D eigenvalue weighted by Gasteiger charge is -2.56. The van der Waals surface area contributed by atoms with E-state index in [0.29, 0.717) is 16.5 Å². The van der Waals surface area contributed by atoms with Gasteiger partial charge in [0, 0.05) is 16.9 Å². The van der Waals surface area contributed by atoms with Crippen LogP contribution in [0.1, 0.15) is 29.7 Å². The van der Waals surface area contributed by atoms with Crippen molar-refractivity contribution in [3.8, 4) is 5.75 Å². The number of amides is 1. The van der Waals surface area contributed by atoms with Crippen molar-refractivity contribution in [2.45, 2.75) is 32.5 Å². The van der Waals surface area contributed by atoms with Gasteiger partial charge in [-0.1, -0.05) is 35.9 Å². The van der Waals surface area contributed by atoms with Crippen LogP contribution in [0.15, 0.2) is 66.7 Å². The minimum atomic E-state index is -1.14. The molecule has 2 aliphatic heterocycles. The van der Waals surface area contributed by atoms with Crippen molar-refractivity contribution in [2.24, 2.45) is 5.92 Å². The first-order valence-electron chi connectivity index (χ1n) is 10.8. The predicted octanol–water partition coefficient (Wildman–Crippen LogP) is 5.24. The number of ether oxygens (including phenoxy) is 1. The zero-order valence-electron chi connectivity index (χ0n) is 18.6. The van der Waals surface area contributed by atoms with Gasteiger partial charge in [0.1, 0.15) is 17.5 Å². The molecule has 0 aliphatic carbocycles. The maximum Gasteiger partial charge on any atom is 0.236 e. The van der Waals surface area contributed by atoms with E-state index in [0.717, 1.165) is 22.4 Å². The molecule has 0 radical (unpaired) electrons. The normalized spacial score (nSPS) is 23.3. The SMILES string of the molecule is Cc1ccc(NC(=O)[C@H]2[C@H]3NC(=S)N(c4ccc(F)cc4)[C@@]2(C)Oc2ccccc23)c(C)c1. The molecule has 2 aliphatic rings. The second-order valence-electron chi connectivity index (χ2n) is 8.72. The van der Waals surface area contributed by atoms with Crippen molar-refractivity contribution in [3.05, 3.63) is 89.2 Å². The van der Waals surface area contributed by atoms with E-state index in [2.05, 4.69) is 10.6 Å². The van der Waals surface area contributed by atoms with E-state index < -0.39 is 11.6 Å². The molecule has 1 fully saturated rings. The number of rotatable bonds is 3. The summed E-state index contributed by atoms with van der Waals surface area (Å²) in [4.78, 5) is 15.6. The third-order valence-electron chi connectivity index (χ3n) is 6.41. The molecule has 168 valence electrons. The summed E-state index contributed by atoms with van der Waals surface area (Å²) >= 11 is 5.71. The Balaban J connectivity index is 1.61. The molecule has 0 aromatic heterocycles. The highest BCUT2D eigenvalue weighted by Crippen LogP contribution is 2.49. The average Bonchev–Trinajstić information content (AvgIpc) is 2.76. The van der Waals surface area contributed by atoms with E-state index in [1.54, 1.807) is 17.0 Å². The van der Waals surface area contributed by atoms with Gasteiger partial charge in [-0.25, -0.2) is 4.39 Å². The summed E-state index contributed by atoms with van der Waals surface area (Å²) in [5.74, 6) is -0.504. The van der Waals surface area contributed by atoms with Crippen LogP contribution in [0, 0.1) is 25.6 Å². The van der Waals surface area contributed by atoms with Crippen molar-refractivity contribution in [1.29, 1.82) is 0 Å². The van der Waals surface area contributed by atoms with Crippen LogP contribution >= 0.6 is 12.2 Å². The largest absolute Gasteiger partial charge is 0.467 e. The average molecular weight is 462 g/mol.